The van der Waals surface area contributed by atoms with E-state index in [1.54, 1.807) is 19.2 Å². The number of ether oxygens (including phenoxy) is 1. The average Bonchev–Trinajstić information content (AvgIpc) is 3.09. The number of hydrogen-bond donors (Lipinski definition) is 1. The van der Waals surface area contributed by atoms with E-state index in [-0.39, 0.29) is 16.1 Å². The van der Waals surface area contributed by atoms with Crippen molar-refractivity contribution in [2.45, 2.75) is 18.4 Å². The second-order valence-corrected chi connectivity index (χ2v) is 3.97. The monoisotopic (exact) mass is 222 g/mol. The molecule has 1 aliphatic carbocycles. The van der Waals surface area contributed by atoms with Gasteiger partial charge in [0.05, 0.1) is 23.1 Å². The fraction of sp³-hybridized carbons (Fsp3) is 0.455. The van der Waals surface area contributed by atoms with Crippen molar-refractivity contribution in [3.63, 3.8) is 0 Å². The summed E-state index contributed by atoms with van der Waals surface area (Å²) in [7, 11) is 3.39. The predicted octanol–water partition coefficient (Wildman–Crippen LogP) is 1.81. The van der Waals surface area contributed by atoms with Crippen molar-refractivity contribution in [1.29, 1.82) is 0 Å². The van der Waals surface area contributed by atoms with E-state index in [9.17, 15) is 10.1 Å². The van der Waals surface area contributed by atoms with Crippen molar-refractivity contribution in [3.8, 4) is 5.75 Å². The van der Waals surface area contributed by atoms with E-state index in [1.165, 1.54) is 6.07 Å². The van der Waals surface area contributed by atoms with Crippen LogP contribution in [0.1, 0.15) is 18.4 Å². The van der Waals surface area contributed by atoms with Gasteiger partial charge in [-0.25, -0.2) is 0 Å². The Bertz CT molecular complexity index is 427. The Morgan fingerprint density at radius 2 is 2.19 bits per heavy atom. The number of nitro benzene ring substituents is 1. The lowest BCUT2D eigenvalue weighted by Crippen LogP contribution is -2.25. The van der Waals surface area contributed by atoms with Gasteiger partial charge in [-0.1, -0.05) is 0 Å². The van der Waals surface area contributed by atoms with Crippen molar-refractivity contribution in [3.05, 3.63) is 33.9 Å². The molecule has 1 fully saturated rings. The maximum absolute atomic E-state index is 10.9. The van der Waals surface area contributed by atoms with Gasteiger partial charge in [0.2, 0.25) is 0 Å². The van der Waals surface area contributed by atoms with Gasteiger partial charge in [-0.3, -0.25) is 10.1 Å². The fourth-order valence-corrected chi connectivity index (χ4v) is 1.96. The Labute approximate surface area is 93.6 Å². The molecular weight excluding hydrogens is 208 g/mol. The van der Waals surface area contributed by atoms with Crippen LogP contribution in [0.5, 0.6) is 5.75 Å². The van der Waals surface area contributed by atoms with E-state index in [2.05, 4.69) is 5.32 Å². The Hall–Kier alpha value is -1.62. The Kier molecular flexibility index (Phi) is 2.55. The lowest BCUT2D eigenvalue weighted by molar-refractivity contribution is -0.385. The molecule has 0 amide bonds. The number of nitrogens with one attached hydrogen (secondary N) is 1. The zero-order valence-electron chi connectivity index (χ0n) is 9.32. The minimum absolute atomic E-state index is 0.160. The van der Waals surface area contributed by atoms with Crippen LogP contribution in [0.25, 0.3) is 0 Å². The van der Waals surface area contributed by atoms with Gasteiger partial charge in [0.1, 0.15) is 5.75 Å². The summed E-state index contributed by atoms with van der Waals surface area (Å²) in [5.74, 6) is 0.655. The highest BCUT2D eigenvalue weighted by molar-refractivity contribution is 5.51. The van der Waals surface area contributed by atoms with Crippen LogP contribution in [0.15, 0.2) is 18.2 Å². The molecule has 1 N–H and O–H groups in total. The van der Waals surface area contributed by atoms with Crippen LogP contribution in [0, 0.1) is 10.1 Å². The van der Waals surface area contributed by atoms with Gasteiger partial charge in [0.25, 0.3) is 5.69 Å². The molecule has 1 aliphatic rings. The number of benzene rings is 1. The third-order valence-electron chi connectivity index (χ3n) is 3.14. The summed E-state index contributed by atoms with van der Waals surface area (Å²) in [6.45, 7) is 0. The first kappa shape index (κ1) is 10.9. The van der Waals surface area contributed by atoms with Gasteiger partial charge in [-0.15, -0.1) is 0 Å². The molecule has 0 saturated heterocycles. The predicted molar refractivity (Wildman–Crippen MR) is 59.6 cm³/mol. The molecule has 86 valence electrons. The molecule has 0 bridgehead atoms. The Morgan fingerprint density at radius 1 is 1.50 bits per heavy atom. The number of nitro groups is 1. The first-order valence-corrected chi connectivity index (χ1v) is 5.15. The molecule has 0 aliphatic heterocycles. The van der Waals surface area contributed by atoms with Gasteiger partial charge in [-0.2, -0.15) is 0 Å². The van der Waals surface area contributed by atoms with E-state index in [1.807, 2.05) is 7.05 Å². The Morgan fingerprint density at radius 3 is 2.62 bits per heavy atom. The number of methoxy groups -OCH3 is 1. The molecule has 2 rings (SSSR count). The molecule has 0 unspecified atom stereocenters. The zero-order valence-corrected chi connectivity index (χ0v) is 9.32. The van der Waals surface area contributed by atoms with Crippen LogP contribution >= 0.6 is 0 Å². The smallest absolute Gasteiger partial charge is 0.274 e. The summed E-state index contributed by atoms with van der Waals surface area (Å²) in [6, 6.07) is 4.88. The maximum atomic E-state index is 10.9. The second-order valence-electron chi connectivity index (χ2n) is 3.97. The highest BCUT2D eigenvalue weighted by Crippen LogP contribution is 2.49. The summed E-state index contributed by atoms with van der Waals surface area (Å²) in [4.78, 5) is 10.6. The Balaban J connectivity index is 2.51. The molecule has 0 spiro atoms. The lowest BCUT2D eigenvalue weighted by Gasteiger charge is -2.15. The summed E-state index contributed by atoms with van der Waals surface area (Å²) < 4.78 is 5.11. The van der Waals surface area contributed by atoms with Crippen LogP contribution in [0.4, 0.5) is 5.69 Å². The van der Waals surface area contributed by atoms with Crippen LogP contribution in [-0.4, -0.2) is 19.1 Å². The number of hydrogen-bond acceptors (Lipinski definition) is 4. The normalized spacial score (nSPS) is 16.9. The van der Waals surface area contributed by atoms with E-state index >= 15 is 0 Å². The average molecular weight is 222 g/mol. The molecule has 1 aromatic carbocycles. The molecule has 0 aromatic heterocycles. The minimum atomic E-state index is -0.341. The van der Waals surface area contributed by atoms with Crippen LogP contribution < -0.4 is 10.1 Å². The van der Waals surface area contributed by atoms with Crippen molar-refractivity contribution in [1.82, 2.24) is 5.32 Å². The summed E-state index contributed by atoms with van der Waals surface area (Å²) in [5.41, 5.74) is 0.656. The topological polar surface area (TPSA) is 64.4 Å². The molecule has 5 nitrogen and oxygen atoms in total. The van der Waals surface area contributed by atoms with Crippen LogP contribution in [0.3, 0.4) is 0 Å². The van der Waals surface area contributed by atoms with Crippen molar-refractivity contribution in [2.24, 2.45) is 0 Å². The summed E-state index contributed by atoms with van der Waals surface area (Å²) in [5, 5.41) is 14.1. The standard InChI is InChI=1S/C11H14N2O3/c1-12-11(5-6-11)9-7-8(16-2)3-4-10(9)13(14)15/h3-4,7,12H,5-6H2,1-2H3. The van der Waals surface area contributed by atoms with Gasteiger partial charge in [0.15, 0.2) is 0 Å². The molecule has 1 aromatic rings. The van der Waals surface area contributed by atoms with Crippen molar-refractivity contribution < 1.29 is 9.66 Å². The molecule has 0 heterocycles. The zero-order chi connectivity index (χ0) is 11.8. The van der Waals surface area contributed by atoms with Crippen LogP contribution in [-0.2, 0) is 5.54 Å². The van der Waals surface area contributed by atoms with E-state index in [0.717, 1.165) is 18.4 Å². The fourth-order valence-electron chi connectivity index (χ4n) is 1.96. The molecule has 5 heteroatoms. The van der Waals surface area contributed by atoms with Crippen LogP contribution in [0.2, 0.25) is 0 Å². The van der Waals surface area contributed by atoms with E-state index in [4.69, 9.17) is 4.74 Å². The minimum Gasteiger partial charge on any atom is -0.497 e. The third-order valence-corrected chi connectivity index (χ3v) is 3.14. The summed E-state index contributed by atoms with van der Waals surface area (Å²) in [6.07, 6.45) is 1.86. The van der Waals surface area contributed by atoms with Crippen molar-refractivity contribution in [2.75, 3.05) is 14.2 Å². The maximum Gasteiger partial charge on any atom is 0.274 e. The largest absolute Gasteiger partial charge is 0.497 e. The number of nitrogens with zero attached hydrogens (tertiary/aromatic N) is 1. The number of rotatable bonds is 4. The third kappa shape index (κ3) is 1.63. The molecule has 16 heavy (non-hydrogen) atoms. The molecular formula is C11H14N2O3. The highest BCUT2D eigenvalue weighted by Gasteiger charge is 2.47. The molecule has 0 atom stereocenters. The summed E-state index contributed by atoms with van der Waals surface area (Å²) >= 11 is 0. The molecule has 1 saturated carbocycles. The molecule has 0 radical (unpaired) electrons. The van der Waals surface area contributed by atoms with Gasteiger partial charge < -0.3 is 10.1 Å². The van der Waals surface area contributed by atoms with E-state index in [0.29, 0.717) is 5.75 Å². The van der Waals surface area contributed by atoms with Crippen molar-refractivity contribution >= 4 is 5.69 Å². The van der Waals surface area contributed by atoms with E-state index < -0.39 is 0 Å². The first-order chi connectivity index (χ1) is 7.63. The first-order valence-electron chi connectivity index (χ1n) is 5.15. The SMILES string of the molecule is CNC1(c2cc(OC)ccc2[N+](=O)[O-])CC1. The highest BCUT2D eigenvalue weighted by atomic mass is 16.6. The lowest BCUT2D eigenvalue weighted by atomic mass is 10.0. The van der Waals surface area contributed by atoms with Gasteiger partial charge in [0, 0.05) is 6.07 Å². The quantitative estimate of drug-likeness (QED) is 0.623. The van der Waals surface area contributed by atoms with Gasteiger partial charge >= 0.3 is 0 Å². The van der Waals surface area contributed by atoms with Gasteiger partial charge in [-0.05, 0) is 32.0 Å². The second kappa shape index (κ2) is 3.75.